The Kier molecular flexibility index (Phi) is 10.8. The molecule has 0 amide bonds. The summed E-state index contributed by atoms with van der Waals surface area (Å²) in [6.45, 7) is 2.03. The van der Waals surface area contributed by atoms with E-state index in [9.17, 15) is 25.2 Å². The van der Waals surface area contributed by atoms with Gasteiger partial charge in [0.05, 0.1) is 30.5 Å². The van der Waals surface area contributed by atoms with E-state index in [-0.39, 0.29) is 44.1 Å². The summed E-state index contributed by atoms with van der Waals surface area (Å²) in [5.74, 6) is 0.227. The minimum absolute atomic E-state index is 0.00153. The van der Waals surface area contributed by atoms with Gasteiger partial charge in [0, 0.05) is 36.8 Å². The van der Waals surface area contributed by atoms with Gasteiger partial charge in [0.15, 0.2) is 18.2 Å². The normalized spacial score (nSPS) is 13.1. The fraction of sp³-hybridized carbons (Fsp3) is 0.406. The van der Waals surface area contributed by atoms with Gasteiger partial charge in [-0.1, -0.05) is 37.6 Å². The largest absolute Gasteiger partial charge is 0.504 e. The number of phenols is 1. The van der Waals surface area contributed by atoms with Crippen molar-refractivity contribution in [3.63, 3.8) is 0 Å². The molecular weight excluding hydrogens is 536 g/mol. The van der Waals surface area contributed by atoms with Gasteiger partial charge < -0.3 is 46.2 Å². The molecule has 9 N–H and O–H groups in total. The number of aromatic hydroxyl groups is 1. The Morgan fingerprint density at radius 3 is 2.60 bits per heavy atom. The van der Waals surface area contributed by atoms with E-state index in [2.05, 4.69) is 4.98 Å². The van der Waals surface area contributed by atoms with E-state index < -0.39 is 18.4 Å². The van der Waals surface area contributed by atoms with Crippen LogP contribution in [-0.4, -0.2) is 48.0 Å². The number of H-pyrrole nitrogens is 1. The number of aryl methyl sites for hydroxylation is 1. The number of aromatic amines is 1. The highest BCUT2D eigenvalue weighted by Crippen LogP contribution is 2.29. The van der Waals surface area contributed by atoms with Crippen molar-refractivity contribution in [3.05, 3.63) is 82.8 Å². The average molecular weight is 579 g/mol. The van der Waals surface area contributed by atoms with Crippen LogP contribution >= 0.6 is 0 Å². The SMILES string of the molecule is CCCC(O)CC(O)CC(=O)CCc1ccc(O)c(OCn2cc3[nH]cc(Cc4cc(C(N)N)ccc4CO)c3c2)c1. The molecule has 0 saturated carbocycles. The van der Waals surface area contributed by atoms with Crippen LogP contribution in [0.15, 0.2) is 55.0 Å². The van der Waals surface area contributed by atoms with E-state index in [0.717, 1.165) is 45.1 Å². The summed E-state index contributed by atoms with van der Waals surface area (Å²) in [6.07, 6.45) is 6.68. The minimum Gasteiger partial charge on any atom is -0.504 e. The topological polar surface area (TPSA) is 180 Å². The van der Waals surface area contributed by atoms with E-state index >= 15 is 0 Å². The summed E-state index contributed by atoms with van der Waals surface area (Å²) in [5, 5.41) is 41.1. The first kappa shape index (κ1) is 31.3. The lowest BCUT2D eigenvalue weighted by atomic mass is 9.97. The first-order valence-electron chi connectivity index (χ1n) is 14.4. The number of hydrogen-bond donors (Lipinski definition) is 7. The zero-order valence-electron chi connectivity index (χ0n) is 24.0. The minimum atomic E-state index is -0.850. The number of aliphatic hydroxyl groups is 3. The van der Waals surface area contributed by atoms with Crippen molar-refractivity contribution in [1.82, 2.24) is 9.55 Å². The molecule has 0 aliphatic rings. The molecule has 10 nitrogen and oxygen atoms in total. The third-order valence-corrected chi connectivity index (χ3v) is 7.51. The van der Waals surface area contributed by atoms with E-state index in [1.54, 1.807) is 18.2 Å². The Balaban J connectivity index is 1.36. The molecule has 2 heterocycles. The number of ketones is 1. The number of aliphatic hydroxyl groups excluding tert-OH is 3. The van der Waals surface area contributed by atoms with Gasteiger partial charge in [0.1, 0.15) is 5.78 Å². The molecule has 226 valence electrons. The first-order chi connectivity index (χ1) is 20.2. The number of Topliss-reactive ketones (excluding diaryl/α,β-unsaturated/α-hetero) is 1. The quantitative estimate of drug-likeness (QED) is 0.0987. The lowest BCUT2D eigenvalue weighted by Crippen LogP contribution is -2.20. The second kappa shape index (κ2) is 14.5. The van der Waals surface area contributed by atoms with Crippen molar-refractivity contribution in [3.8, 4) is 11.5 Å². The molecule has 4 rings (SSSR count). The summed E-state index contributed by atoms with van der Waals surface area (Å²) < 4.78 is 7.79. The van der Waals surface area contributed by atoms with Crippen LogP contribution in [0, 0.1) is 0 Å². The first-order valence-corrected chi connectivity index (χ1v) is 14.4. The molecule has 0 spiro atoms. The van der Waals surface area contributed by atoms with Crippen LogP contribution in [-0.2, 0) is 31.0 Å². The molecule has 2 aromatic carbocycles. The molecule has 0 fully saturated rings. The number of phenolic OH excluding ortho intramolecular Hbond substituents is 1. The number of fused-ring (bicyclic) bond motifs is 1. The van der Waals surface area contributed by atoms with Gasteiger partial charge in [-0.05, 0) is 65.6 Å². The monoisotopic (exact) mass is 578 g/mol. The van der Waals surface area contributed by atoms with Gasteiger partial charge in [-0.3, -0.25) is 4.79 Å². The van der Waals surface area contributed by atoms with Crippen LogP contribution in [0.4, 0.5) is 0 Å². The van der Waals surface area contributed by atoms with Crippen LogP contribution in [0.2, 0.25) is 0 Å². The molecule has 0 aliphatic heterocycles. The van der Waals surface area contributed by atoms with Crippen molar-refractivity contribution in [2.45, 2.75) is 83.6 Å². The third-order valence-electron chi connectivity index (χ3n) is 7.51. The predicted octanol–water partition coefficient (Wildman–Crippen LogP) is 3.51. The van der Waals surface area contributed by atoms with Crippen LogP contribution < -0.4 is 16.2 Å². The Hall–Kier alpha value is -3.67. The highest BCUT2D eigenvalue weighted by Gasteiger charge is 2.16. The van der Waals surface area contributed by atoms with Crippen molar-refractivity contribution >= 4 is 16.7 Å². The second-order valence-corrected chi connectivity index (χ2v) is 11.0. The molecule has 2 aromatic heterocycles. The molecule has 0 bridgehead atoms. The Morgan fingerprint density at radius 2 is 1.86 bits per heavy atom. The fourth-order valence-electron chi connectivity index (χ4n) is 5.19. The number of nitrogens with two attached hydrogens (primary N) is 2. The smallest absolute Gasteiger partial charge is 0.165 e. The molecule has 0 saturated heterocycles. The number of nitrogens with zero attached hydrogens (tertiary/aromatic N) is 1. The fourth-order valence-corrected chi connectivity index (χ4v) is 5.19. The summed E-state index contributed by atoms with van der Waals surface area (Å²) in [6, 6.07) is 10.6. The maximum absolute atomic E-state index is 12.4. The van der Waals surface area contributed by atoms with Crippen molar-refractivity contribution < 1.29 is 30.0 Å². The highest BCUT2D eigenvalue weighted by atomic mass is 16.5. The van der Waals surface area contributed by atoms with Gasteiger partial charge in [0.2, 0.25) is 0 Å². The number of hydrogen-bond acceptors (Lipinski definition) is 8. The van der Waals surface area contributed by atoms with E-state index in [1.165, 1.54) is 0 Å². The Bertz CT molecular complexity index is 1480. The molecule has 2 unspecified atom stereocenters. The molecular formula is C32H42N4O6. The number of ether oxygens (including phenoxy) is 1. The summed E-state index contributed by atoms with van der Waals surface area (Å²) in [4.78, 5) is 15.6. The molecule has 0 aliphatic carbocycles. The lowest BCUT2D eigenvalue weighted by molar-refractivity contribution is -0.121. The standard InChI is InChI=1S/C32H42N4O6/c1-2-3-25(38)13-27(40)14-26(39)8-4-20-5-9-30(41)31(10-20)42-19-36-16-28-24(15-35-29(28)17-36)12-23-11-21(32(33)34)6-7-22(23)18-37/h5-7,9-11,15-17,25,27,32,35,37-38,40-41H,2-4,8,12-14,18-19,33-34H2,1H3. The number of carbonyl (C=O) groups excluding carboxylic acids is 1. The number of rotatable bonds is 16. The Labute approximate surface area is 245 Å². The zero-order chi connectivity index (χ0) is 30.2. The van der Waals surface area contributed by atoms with Gasteiger partial charge in [0.25, 0.3) is 0 Å². The van der Waals surface area contributed by atoms with Crippen molar-refractivity contribution in [2.24, 2.45) is 11.5 Å². The summed E-state index contributed by atoms with van der Waals surface area (Å²) in [5.41, 5.74) is 17.1. The molecule has 10 heteroatoms. The van der Waals surface area contributed by atoms with Crippen molar-refractivity contribution in [2.75, 3.05) is 0 Å². The summed E-state index contributed by atoms with van der Waals surface area (Å²) >= 11 is 0. The van der Waals surface area contributed by atoms with E-state index in [1.807, 2.05) is 48.3 Å². The molecule has 4 aromatic rings. The van der Waals surface area contributed by atoms with Crippen molar-refractivity contribution in [1.29, 1.82) is 0 Å². The van der Waals surface area contributed by atoms with E-state index in [4.69, 9.17) is 16.2 Å². The predicted molar refractivity (Wildman–Crippen MR) is 161 cm³/mol. The second-order valence-electron chi connectivity index (χ2n) is 11.0. The lowest BCUT2D eigenvalue weighted by Gasteiger charge is -2.14. The van der Waals surface area contributed by atoms with Crippen LogP contribution in [0.5, 0.6) is 11.5 Å². The maximum atomic E-state index is 12.4. The number of nitrogens with one attached hydrogen (secondary N) is 1. The average Bonchev–Trinajstić information content (AvgIpc) is 3.53. The number of aromatic nitrogens is 2. The van der Waals surface area contributed by atoms with Gasteiger partial charge >= 0.3 is 0 Å². The molecule has 0 radical (unpaired) electrons. The van der Waals surface area contributed by atoms with Crippen LogP contribution in [0.1, 0.15) is 73.0 Å². The molecule has 42 heavy (non-hydrogen) atoms. The third kappa shape index (κ3) is 8.21. The van der Waals surface area contributed by atoms with Crippen LogP contribution in [0.3, 0.4) is 0 Å². The maximum Gasteiger partial charge on any atom is 0.165 e. The van der Waals surface area contributed by atoms with E-state index in [0.29, 0.717) is 25.0 Å². The molecule has 2 atom stereocenters. The van der Waals surface area contributed by atoms with Crippen LogP contribution in [0.25, 0.3) is 10.9 Å². The number of carbonyl (C=O) groups is 1. The highest BCUT2D eigenvalue weighted by molar-refractivity contribution is 5.83. The summed E-state index contributed by atoms with van der Waals surface area (Å²) in [7, 11) is 0. The zero-order valence-corrected chi connectivity index (χ0v) is 24.0. The Morgan fingerprint density at radius 1 is 1.05 bits per heavy atom. The van der Waals surface area contributed by atoms with Gasteiger partial charge in [-0.25, -0.2) is 0 Å². The number of benzene rings is 2. The van der Waals surface area contributed by atoms with Gasteiger partial charge in [-0.15, -0.1) is 0 Å². The van der Waals surface area contributed by atoms with Gasteiger partial charge in [-0.2, -0.15) is 0 Å².